The molecule has 3 aliphatic rings. The van der Waals surface area contributed by atoms with Gasteiger partial charge in [-0.25, -0.2) is 9.78 Å². The van der Waals surface area contributed by atoms with Gasteiger partial charge in [0.25, 0.3) is 0 Å². The number of rotatable bonds is 2. The largest absolute Gasteiger partial charge is 0.444 e. The Kier molecular flexibility index (Phi) is 4.82. The van der Waals surface area contributed by atoms with Crippen molar-refractivity contribution in [2.24, 2.45) is 11.8 Å². The number of aromatic nitrogens is 2. The minimum Gasteiger partial charge on any atom is -0.444 e. The predicted molar refractivity (Wildman–Crippen MR) is 105 cm³/mol. The molecule has 1 aromatic rings. The van der Waals surface area contributed by atoms with Gasteiger partial charge in [0.05, 0.1) is 0 Å². The highest BCUT2D eigenvalue weighted by Crippen LogP contribution is 2.35. The van der Waals surface area contributed by atoms with Crippen molar-refractivity contribution in [3.05, 3.63) is 11.2 Å². The summed E-state index contributed by atoms with van der Waals surface area (Å²) in [6, 6.07) is 1.85. The van der Waals surface area contributed by atoms with Gasteiger partial charge in [-0.2, -0.15) is 4.98 Å². The van der Waals surface area contributed by atoms with E-state index in [1.54, 1.807) is 0 Å². The number of hydrogen-bond donors (Lipinski definition) is 0. The van der Waals surface area contributed by atoms with Gasteiger partial charge in [0.15, 0.2) is 0 Å². The number of ether oxygens (including phenoxy) is 1. The van der Waals surface area contributed by atoms with Crippen LogP contribution in [0.1, 0.15) is 33.6 Å². The average molecular weight is 394 g/mol. The van der Waals surface area contributed by atoms with Crippen LogP contribution in [0.15, 0.2) is 6.07 Å². The monoisotopic (exact) mass is 393 g/mol. The number of carbonyl (C=O) groups excluding carboxylic acids is 1. The van der Waals surface area contributed by atoms with Crippen LogP contribution in [0, 0.1) is 11.8 Å². The lowest BCUT2D eigenvalue weighted by Crippen LogP contribution is -2.37. The Morgan fingerprint density at radius 3 is 2.30 bits per heavy atom. The minimum atomic E-state index is -0.454. The lowest BCUT2D eigenvalue weighted by atomic mass is 10.0. The second kappa shape index (κ2) is 7.00. The number of carbonyl (C=O) groups is 1. The fourth-order valence-corrected chi connectivity index (χ4v) is 4.44. The highest BCUT2D eigenvalue weighted by molar-refractivity contribution is 6.29. The Balaban J connectivity index is 1.41. The van der Waals surface area contributed by atoms with Crippen LogP contribution < -0.4 is 9.80 Å². The maximum Gasteiger partial charge on any atom is 0.410 e. The number of hydrogen-bond acceptors (Lipinski definition) is 6. The Bertz CT molecular complexity index is 703. The molecular formula is C19H28ClN5O2. The smallest absolute Gasteiger partial charge is 0.410 e. The number of halogens is 1. The Labute approximate surface area is 165 Å². The van der Waals surface area contributed by atoms with Crippen molar-refractivity contribution in [3.63, 3.8) is 0 Å². The molecule has 0 bridgehead atoms. The molecule has 2 unspecified atom stereocenters. The Morgan fingerprint density at radius 2 is 1.70 bits per heavy atom. The van der Waals surface area contributed by atoms with Crippen molar-refractivity contribution < 1.29 is 9.53 Å². The summed E-state index contributed by atoms with van der Waals surface area (Å²) in [6.07, 6.45) is 2.16. The highest BCUT2D eigenvalue weighted by atomic mass is 35.5. The molecule has 0 radical (unpaired) electrons. The van der Waals surface area contributed by atoms with E-state index in [-0.39, 0.29) is 6.09 Å². The second-order valence-electron chi connectivity index (χ2n) is 8.85. The molecule has 3 fully saturated rings. The number of fused-ring (bicyclic) bond motifs is 1. The van der Waals surface area contributed by atoms with Crippen LogP contribution in [0.25, 0.3) is 0 Å². The maximum atomic E-state index is 12.3. The summed E-state index contributed by atoms with van der Waals surface area (Å²) in [5.41, 5.74) is -0.454. The SMILES string of the molecule is CC(C)(C)OC(=O)N1CC2CN(c3cc(Cl)nc(N4CCCC4)n3)CC2C1. The summed E-state index contributed by atoms with van der Waals surface area (Å²) in [5, 5.41) is 0.495. The van der Waals surface area contributed by atoms with E-state index in [2.05, 4.69) is 14.8 Å². The van der Waals surface area contributed by atoms with Crippen molar-refractivity contribution >= 4 is 29.5 Å². The molecule has 27 heavy (non-hydrogen) atoms. The molecule has 4 rings (SSSR count). The molecular weight excluding hydrogens is 366 g/mol. The minimum absolute atomic E-state index is 0.204. The average Bonchev–Trinajstić information content (AvgIpc) is 3.28. The lowest BCUT2D eigenvalue weighted by Gasteiger charge is -2.26. The van der Waals surface area contributed by atoms with Crippen LogP contribution in [-0.4, -0.2) is 65.8 Å². The zero-order chi connectivity index (χ0) is 19.2. The van der Waals surface area contributed by atoms with Gasteiger partial charge in [0, 0.05) is 57.2 Å². The van der Waals surface area contributed by atoms with E-state index >= 15 is 0 Å². The molecule has 0 aromatic carbocycles. The first-order chi connectivity index (χ1) is 12.8. The molecule has 8 heteroatoms. The zero-order valence-corrected chi connectivity index (χ0v) is 17.1. The molecule has 4 heterocycles. The quantitative estimate of drug-likeness (QED) is 0.720. The molecule has 0 aliphatic carbocycles. The van der Waals surface area contributed by atoms with Crippen LogP contribution in [0.4, 0.5) is 16.6 Å². The third-order valence-corrected chi connectivity index (χ3v) is 5.71. The van der Waals surface area contributed by atoms with Gasteiger partial charge in [-0.1, -0.05) is 11.6 Å². The van der Waals surface area contributed by atoms with Crippen molar-refractivity contribution in [1.82, 2.24) is 14.9 Å². The van der Waals surface area contributed by atoms with Crippen LogP contribution in [0.5, 0.6) is 0 Å². The number of nitrogens with zero attached hydrogens (tertiary/aromatic N) is 5. The fraction of sp³-hybridized carbons (Fsp3) is 0.737. The molecule has 0 N–H and O–H groups in total. The summed E-state index contributed by atoms with van der Waals surface area (Å²) in [6.45, 7) is 11.0. The van der Waals surface area contributed by atoms with E-state index in [4.69, 9.17) is 21.3 Å². The molecule has 1 amide bonds. The van der Waals surface area contributed by atoms with Gasteiger partial charge >= 0.3 is 6.09 Å². The molecule has 148 valence electrons. The second-order valence-corrected chi connectivity index (χ2v) is 9.24. The molecule has 3 saturated heterocycles. The fourth-order valence-electron chi connectivity index (χ4n) is 4.27. The molecule has 2 atom stereocenters. The van der Waals surface area contributed by atoms with E-state index in [0.717, 1.165) is 51.0 Å². The predicted octanol–water partition coefficient (Wildman–Crippen LogP) is 3.03. The van der Waals surface area contributed by atoms with E-state index in [9.17, 15) is 4.79 Å². The topological polar surface area (TPSA) is 61.8 Å². The number of anilines is 2. The van der Waals surface area contributed by atoms with Crippen LogP contribution in [-0.2, 0) is 4.74 Å². The van der Waals surface area contributed by atoms with Gasteiger partial charge in [-0.05, 0) is 33.6 Å². The van der Waals surface area contributed by atoms with Crippen LogP contribution in [0.2, 0.25) is 5.15 Å². The third-order valence-electron chi connectivity index (χ3n) is 5.52. The lowest BCUT2D eigenvalue weighted by molar-refractivity contribution is 0.0282. The molecule has 7 nitrogen and oxygen atoms in total. The van der Waals surface area contributed by atoms with Crippen molar-refractivity contribution in [2.45, 2.75) is 39.2 Å². The van der Waals surface area contributed by atoms with Crippen molar-refractivity contribution in [1.29, 1.82) is 0 Å². The number of likely N-dealkylation sites (tertiary alicyclic amines) is 1. The van der Waals surface area contributed by atoms with Gasteiger partial charge in [-0.3, -0.25) is 0 Å². The van der Waals surface area contributed by atoms with Crippen LogP contribution in [0.3, 0.4) is 0 Å². The van der Waals surface area contributed by atoms with E-state index in [1.165, 1.54) is 12.8 Å². The standard InChI is InChI=1S/C19H28ClN5O2/c1-19(2,3)27-18(26)25-11-13-9-24(10-14(13)12-25)16-8-15(20)21-17(22-16)23-6-4-5-7-23/h8,13-14H,4-7,9-12H2,1-3H3. The summed E-state index contributed by atoms with van der Waals surface area (Å²) in [5.74, 6) is 2.53. The van der Waals surface area contributed by atoms with Crippen molar-refractivity contribution in [2.75, 3.05) is 49.1 Å². The molecule has 0 spiro atoms. The first-order valence-corrected chi connectivity index (χ1v) is 10.2. The Hall–Kier alpha value is -1.76. The van der Waals surface area contributed by atoms with E-state index < -0.39 is 5.60 Å². The van der Waals surface area contributed by atoms with Gasteiger partial charge in [-0.15, -0.1) is 0 Å². The third kappa shape index (κ3) is 4.08. The normalized spacial score (nSPS) is 25.3. The molecule has 0 saturated carbocycles. The Morgan fingerprint density at radius 1 is 1.07 bits per heavy atom. The zero-order valence-electron chi connectivity index (χ0n) is 16.3. The van der Waals surface area contributed by atoms with E-state index in [0.29, 0.717) is 17.0 Å². The summed E-state index contributed by atoms with van der Waals surface area (Å²) in [7, 11) is 0. The van der Waals surface area contributed by atoms with Gasteiger partial charge in [0.1, 0.15) is 16.6 Å². The van der Waals surface area contributed by atoms with Crippen molar-refractivity contribution in [3.8, 4) is 0 Å². The van der Waals surface area contributed by atoms with Crippen LogP contribution >= 0.6 is 11.6 Å². The first-order valence-electron chi connectivity index (χ1n) is 9.81. The van der Waals surface area contributed by atoms with Gasteiger partial charge < -0.3 is 19.4 Å². The number of amides is 1. The maximum absolute atomic E-state index is 12.3. The van der Waals surface area contributed by atoms with Gasteiger partial charge in [0.2, 0.25) is 5.95 Å². The summed E-state index contributed by atoms with van der Waals surface area (Å²) >= 11 is 6.28. The van der Waals surface area contributed by atoms with E-state index in [1.807, 2.05) is 31.7 Å². The molecule has 1 aromatic heterocycles. The highest BCUT2D eigenvalue weighted by Gasteiger charge is 2.43. The molecule has 3 aliphatic heterocycles. The first kappa shape index (κ1) is 18.6. The summed E-state index contributed by atoms with van der Waals surface area (Å²) in [4.78, 5) is 27.9. The summed E-state index contributed by atoms with van der Waals surface area (Å²) < 4.78 is 5.52.